The normalized spacial score (nSPS) is 14.9. The summed E-state index contributed by atoms with van der Waals surface area (Å²) in [6, 6.07) is 4.09. The maximum atomic E-state index is 10.3. The number of benzene rings is 2. The molecule has 0 aliphatic heterocycles. The number of fused-ring (bicyclic) bond motifs is 5. The summed E-state index contributed by atoms with van der Waals surface area (Å²) >= 11 is 0. The quantitative estimate of drug-likeness (QED) is 0.700. The summed E-state index contributed by atoms with van der Waals surface area (Å²) in [6.07, 6.45) is 12.6. The molecule has 0 saturated heterocycles. The lowest BCUT2D eigenvalue weighted by Crippen LogP contribution is -2.14. The second kappa shape index (κ2) is 3.51. The van der Waals surface area contributed by atoms with Crippen molar-refractivity contribution in [3.8, 4) is 11.5 Å². The fourth-order valence-electron chi connectivity index (χ4n) is 3.00. The maximum Gasteiger partial charge on any atom is 0.166 e. The lowest BCUT2D eigenvalue weighted by Gasteiger charge is -2.14. The van der Waals surface area contributed by atoms with E-state index >= 15 is 0 Å². The number of phenols is 2. The van der Waals surface area contributed by atoms with Gasteiger partial charge < -0.3 is 10.2 Å². The minimum atomic E-state index is -0.0166. The Bertz CT molecular complexity index is 899. The van der Waals surface area contributed by atoms with Gasteiger partial charge in [0.05, 0.1) is 0 Å². The predicted octanol–water partition coefficient (Wildman–Crippen LogP) is 1.95. The molecule has 0 saturated carbocycles. The van der Waals surface area contributed by atoms with Gasteiger partial charge in [0.25, 0.3) is 0 Å². The first kappa shape index (κ1) is 10.4. The predicted molar refractivity (Wildman–Crippen MR) is 77.3 cm³/mol. The number of hydrogen-bond donors (Lipinski definition) is 2. The van der Waals surface area contributed by atoms with Crippen molar-refractivity contribution in [2.45, 2.75) is 6.42 Å². The molecule has 4 rings (SSSR count). The molecule has 0 spiro atoms. The van der Waals surface area contributed by atoms with Gasteiger partial charge in [-0.15, -0.1) is 0 Å². The number of aromatic hydroxyl groups is 2. The molecule has 0 atom stereocenters. The van der Waals surface area contributed by atoms with E-state index in [0.717, 1.165) is 38.8 Å². The molecule has 92 valence electrons. The molecule has 2 N–H and O–H groups in total. The van der Waals surface area contributed by atoms with Gasteiger partial charge in [0, 0.05) is 10.6 Å². The van der Waals surface area contributed by atoms with E-state index in [9.17, 15) is 10.2 Å². The summed E-state index contributed by atoms with van der Waals surface area (Å²) in [5.74, 6) is -0.0300. The van der Waals surface area contributed by atoms with Gasteiger partial charge >= 0.3 is 0 Å². The van der Waals surface area contributed by atoms with Crippen LogP contribution in [0.15, 0.2) is 30.4 Å². The Morgan fingerprint density at radius 3 is 2.74 bits per heavy atom. The standard InChI is InChI=1S/C17H12O2/c18-16-14-6-2-1-5-12(14)13-9-8-10-4-3-7-11(10)15(13)17(16)19/h1-4,6-9,18-19H,5H2. The summed E-state index contributed by atoms with van der Waals surface area (Å²) in [5, 5.41) is 24.1. The SMILES string of the molecule is Oc1c(O)c2c3c(ccc2c2c1=CC=CC2)=CC=C3. The minimum Gasteiger partial charge on any atom is -0.504 e. The van der Waals surface area contributed by atoms with Crippen LogP contribution in [-0.4, -0.2) is 10.2 Å². The van der Waals surface area contributed by atoms with Gasteiger partial charge in [-0.3, -0.25) is 0 Å². The van der Waals surface area contributed by atoms with Crippen LogP contribution in [0.25, 0.3) is 29.0 Å². The third kappa shape index (κ3) is 1.26. The molecule has 2 aromatic rings. The molecule has 0 fully saturated rings. The summed E-state index contributed by atoms with van der Waals surface area (Å²) in [6.45, 7) is 0. The fraction of sp³-hybridized carbons (Fsp3) is 0.0588. The Morgan fingerprint density at radius 1 is 0.947 bits per heavy atom. The molecule has 2 nitrogen and oxygen atoms in total. The minimum absolute atomic E-state index is 0.0134. The third-order valence-electron chi connectivity index (χ3n) is 3.91. The molecule has 2 aliphatic carbocycles. The largest absolute Gasteiger partial charge is 0.504 e. The zero-order chi connectivity index (χ0) is 13.0. The number of allylic oxidation sites excluding steroid dienone is 3. The van der Waals surface area contributed by atoms with Crippen molar-refractivity contribution in [1.82, 2.24) is 0 Å². The molecule has 2 heteroatoms. The highest BCUT2D eigenvalue weighted by Crippen LogP contribution is 2.36. The van der Waals surface area contributed by atoms with Crippen molar-refractivity contribution < 1.29 is 10.2 Å². The van der Waals surface area contributed by atoms with Crippen LogP contribution >= 0.6 is 0 Å². The van der Waals surface area contributed by atoms with E-state index in [-0.39, 0.29) is 11.5 Å². The van der Waals surface area contributed by atoms with E-state index in [1.54, 1.807) is 0 Å². The Kier molecular flexibility index (Phi) is 1.93. The van der Waals surface area contributed by atoms with Crippen LogP contribution in [-0.2, 0) is 6.42 Å². The highest BCUT2D eigenvalue weighted by Gasteiger charge is 2.17. The van der Waals surface area contributed by atoms with E-state index in [1.165, 1.54) is 0 Å². The topological polar surface area (TPSA) is 40.5 Å². The molecule has 0 amide bonds. The molecule has 0 radical (unpaired) electrons. The Morgan fingerprint density at radius 2 is 1.84 bits per heavy atom. The average molecular weight is 248 g/mol. The number of phenolic OH excluding ortho intramolecular Hbond substituents is 2. The second-order valence-electron chi connectivity index (χ2n) is 4.91. The van der Waals surface area contributed by atoms with E-state index < -0.39 is 0 Å². The van der Waals surface area contributed by atoms with Crippen LogP contribution in [0.2, 0.25) is 0 Å². The fourth-order valence-corrected chi connectivity index (χ4v) is 3.00. The summed E-state index contributed by atoms with van der Waals surface area (Å²) in [7, 11) is 0. The number of hydrogen-bond acceptors (Lipinski definition) is 2. The number of rotatable bonds is 0. The lowest BCUT2D eigenvalue weighted by molar-refractivity contribution is 0.404. The first-order valence-electron chi connectivity index (χ1n) is 6.32. The zero-order valence-electron chi connectivity index (χ0n) is 10.2. The van der Waals surface area contributed by atoms with Gasteiger partial charge in [-0.05, 0) is 28.2 Å². The second-order valence-corrected chi connectivity index (χ2v) is 4.91. The molecule has 0 bridgehead atoms. The molecule has 0 unspecified atom stereocenters. The monoisotopic (exact) mass is 248 g/mol. The van der Waals surface area contributed by atoms with Crippen molar-refractivity contribution in [3.63, 3.8) is 0 Å². The van der Waals surface area contributed by atoms with Crippen LogP contribution in [0.3, 0.4) is 0 Å². The van der Waals surface area contributed by atoms with Gasteiger partial charge in [-0.1, -0.05) is 48.6 Å². The van der Waals surface area contributed by atoms with Gasteiger partial charge in [0.2, 0.25) is 0 Å². The van der Waals surface area contributed by atoms with Crippen molar-refractivity contribution in [3.05, 3.63) is 51.9 Å². The maximum absolute atomic E-state index is 10.3. The highest BCUT2D eigenvalue weighted by atomic mass is 16.3. The van der Waals surface area contributed by atoms with Gasteiger partial charge in [0.15, 0.2) is 11.5 Å². The third-order valence-corrected chi connectivity index (χ3v) is 3.91. The smallest absolute Gasteiger partial charge is 0.166 e. The van der Waals surface area contributed by atoms with E-state index in [4.69, 9.17) is 0 Å². The van der Waals surface area contributed by atoms with Crippen molar-refractivity contribution >= 4 is 29.0 Å². The van der Waals surface area contributed by atoms with Crippen molar-refractivity contribution in [2.24, 2.45) is 0 Å². The highest BCUT2D eigenvalue weighted by molar-refractivity contribution is 6.01. The van der Waals surface area contributed by atoms with Crippen LogP contribution < -0.4 is 10.4 Å². The molecule has 0 aromatic heterocycles. The summed E-state index contributed by atoms with van der Waals surface area (Å²) < 4.78 is 0. The van der Waals surface area contributed by atoms with E-state index in [2.05, 4.69) is 12.1 Å². The Labute approximate surface area is 109 Å². The van der Waals surface area contributed by atoms with E-state index in [1.807, 2.05) is 36.4 Å². The van der Waals surface area contributed by atoms with Gasteiger partial charge in [-0.25, -0.2) is 0 Å². The average Bonchev–Trinajstić information content (AvgIpc) is 2.92. The van der Waals surface area contributed by atoms with Gasteiger partial charge in [-0.2, -0.15) is 0 Å². The summed E-state index contributed by atoms with van der Waals surface area (Å²) in [5.41, 5.74) is 2.07. The summed E-state index contributed by atoms with van der Waals surface area (Å²) in [4.78, 5) is 0. The van der Waals surface area contributed by atoms with Gasteiger partial charge in [0.1, 0.15) is 0 Å². The molecule has 2 aromatic carbocycles. The molecule has 0 heterocycles. The first-order chi connectivity index (χ1) is 9.27. The first-order valence-corrected chi connectivity index (χ1v) is 6.32. The van der Waals surface area contributed by atoms with Crippen LogP contribution in [0.1, 0.15) is 11.1 Å². The van der Waals surface area contributed by atoms with Crippen molar-refractivity contribution in [1.29, 1.82) is 0 Å². The van der Waals surface area contributed by atoms with Crippen LogP contribution in [0.4, 0.5) is 0 Å². The molecular formula is C17H12O2. The van der Waals surface area contributed by atoms with E-state index in [0.29, 0.717) is 0 Å². The van der Waals surface area contributed by atoms with Crippen molar-refractivity contribution in [2.75, 3.05) is 0 Å². The lowest BCUT2D eigenvalue weighted by atomic mass is 9.92. The Hall–Kier alpha value is -2.48. The molecular weight excluding hydrogens is 236 g/mol. The molecule has 19 heavy (non-hydrogen) atoms. The zero-order valence-corrected chi connectivity index (χ0v) is 10.2. The van der Waals surface area contributed by atoms with Crippen LogP contribution in [0.5, 0.6) is 11.5 Å². The van der Waals surface area contributed by atoms with Crippen LogP contribution in [0, 0.1) is 0 Å². The molecule has 2 aliphatic rings. The Balaban J connectivity index is 2.32.